The van der Waals surface area contributed by atoms with Crippen molar-refractivity contribution in [1.82, 2.24) is 14.5 Å². The summed E-state index contributed by atoms with van der Waals surface area (Å²) >= 11 is 13.2. The number of halogens is 2. The third-order valence-electron chi connectivity index (χ3n) is 5.45. The molecule has 0 atom stereocenters. The number of morpholine rings is 1. The second-order valence-electron chi connectivity index (χ2n) is 7.78. The number of carbonyl (C=O) groups is 3. The Bertz CT molecular complexity index is 1330. The molecule has 2 saturated heterocycles. The van der Waals surface area contributed by atoms with E-state index >= 15 is 0 Å². The van der Waals surface area contributed by atoms with E-state index in [1.807, 2.05) is 30.3 Å². The number of hydrogen-bond acceptors (Lipinski definition) is 7. The Hall–Kier alpha value is -2.41. The largest absolute Gasteiger partial charge is 0.379 e. The molecule has 190 valence electrons. The van der Waals surface area contributed by atoms with Crippen molar-refractivity contribution < 1.29 is 27.5 Å². The van der Waals surface area contributed by atoms with Crippen molar-refractivity contribution in [3.8, 4) is 0 Å². The molecule has 36 heavy (non-hydrogen) atoms. The Morgan fingerprint density at radius 3 is 2.47 bits per heavy atom. The summed E-state index contributed by atoms with van der Waals surface area (Å²) < 4.78 is 32.5. The van der Waals surface area contributed by atoms with Crippen LogP contribution in [0.1, 0.15) is 15.9 Å². The van der Waals surface area contributed by atoms with Crippen molar-refractivity contribution in [3.05, 3.63) is 68.5 Å². The molecule has 13 heteroatoms. The van der Waals surface area contributed by atoms with Crippen LogP contribution in [0.3, 0.4) is 0 Å². The Morgan fingerprint density at radius 1 is 1.08 bits per heavy atom. The smallest absolute Gasteiger partial charge is 0.293 e. The number of hydrogen-bond donors (Lipinski definition) is 1. The van der Waals surface area contributed by atoms with Gasteiger partial charge in [-0.25, -0.2) is 8.42 Å². The van der Waals surface area contributed by atoms with E-state index in [1.165, 1.54) is 10.4 Å². The first-order valence-corrected chi connectivity index (χ1v) is 13.9. The second-order valence-corrected chi connectivity index (χ2v) is 11.5. The Balaban J connectivity index is 1.43. The Morgan fingerprint density at radius 2 is 1.78 bits per heavy atom. The highest BCUT2D eigenvalue weighted by Crippen LogP contribution is 2.33. The summed E-state index contributed by atoms with van der Waals surface area (Å²) in [5.41, 5.74) is 0.697. The molecule has 0 bridgehead atoms. The van der Waals surface area contributed by atoms with E-state index in [0.717, 1.165) is 28.3 Å². The average Bonchev–Trinajstić information content (AvgIpc) is 3.12. The molecule has 0 unspecified atom stereocenters. The molecule has 0 aliphatic carbocycles. The van der Waals surface area contributed by atoms with Crippen LogP contribution in [0.2, 0.25) is 10.0 Å². The maximum absolute atomic E-state index is 13.0. The van der Waals surface area contributed by atoms with E-state index in [9.17, 15) is 22.8 Å². The number of amides is 3. The first-order valence-electron chi connectivity index (χ1n) is 10.8. The second kappa shape index (κ2) is 11.3. The van der Waals surface area contributed by atoms with Crippen LogP contribution >= 0.6 is 35.0 Å². The van der Waals surface area contributed by atoms with E-state index in [2.05, 4.69) is 5.32 Å². The van der Waals surface area contributed by atoms with Gasteiger partial charge in [-0.3, -0.25) is 19.3 Å². The van der Waals surface area contributed by atoms with Gasteiger partial charge in [0.25, 0.3) is 17.1 Å². The van der Waals surface area contributed by atoms with Gasteiger partial charge in [-0.05, 0) is 35.5 Å². The lowest BCUT2D eigenvalue weighted by atomic mass is 10.2. The Labute approximate surface area is 222 Å². The summed E-state index contributed by atoms with van der Waals surface area (Å²) in [6, 6.07) is 11.5. The standard InChI is InChI=1S/C23H21Cl2N3O6S2/c24-17-14-18(25)20(36(32,33)27-8-10-34-11-9-27)13-16(17)21(29)26-6-7-28-22(30)19(35-23(28)31)12-15-4-2-1-3-5-15/h1-5,12-14H,6-11H2,(H,26,29)/b19-12+. The van der Waals surface area contributed by atoms with Crippen LogP contribution in [0.4, 0.5) is 4.79 Å². The summed E-state index contributed by atoms with van der Waals surface area (Å²) in [6.45, 7) is 0.726. The van der Waals surface area contributed by atoms with E-state index in [0.29, 0.717) is 0 Å². The molecule has 9 nitrogen and oxygen atoms in total. The molecule has 0 saturated carbocycles. The topological polar surface area (TPSA) is 113 Å². The molecule has 3 amide bonds. The van der Waals surface area contributed by atoms with Crippen LogP contribution in [0.5, 0.6) is 0 Å². The number of imide groups is 1. The van der Waals surface area contributed by atoms with Crippen LogP contribution in [0.15, 0.2) is 52.3 Å². The zero-order chi connectivity index (χ0) is 25.9. The minimum atomic E-state index is -3.97. The minimum absolute atomic E-state index is 0.0320. The van der Waals surface area contributed by atoms with Crippen LogP contribution in [-0.4, -0.2) is 74.1 Å². The van der Waals surface area contributed by atoms with E-state index in [4.69, 9.17) is 27.9 Å². The maximum atomic E-state index is 13.0. The van der Waals surface area contributed by atoms with Gasteiger partial charge in [-0.2, -0.15) is 4.31 Å². The molecule has 2 aromatic rings. The lowest BCUT2D eigenvalue weighted by Crippen LogP contribution is -2.41. The van der Waals surface area contributed by atoms with Crippen LogP contribution < -0.4 is 5.32 Å². The molecule has 2 heterocycles. The minimum Gasteiger partial charge on any atom is -0.379 e. The molecular weight excluding hydrogens is 549 g/mol. The third kappa shape index (κ3) is 5.77. The molecule has 0 spiro atoms. The molecule has 2 aromatic carbocycles. The highest BCUT2D eigenvalue weighted by Gasteiger charge is 2.35. The monoisotopic (exact) mass is 569 g/mol. The summed E-state index contributed by atoms with van der Waals surface area (Å²) in [4.78, 5) is 38.9. The Kier molecular flexibility index (Phi) is 8.38. The number of carbonyl (C=O) groups excluding carboxylic acids is 3. The van der Waals surface area contributed by atoms with Gasteiger partial charge in [0.05, 0.1) is 33.7 Å². The first kappa shape index (κ1) is 26.6. The fourth-order valence-electron chi connectivity index (χ4n) is 3.60. The van der Waals surface area contributed by atoms with Gasteiger partial charge in [0, 0.05) is 26.2 Å². The maximum Gasteiger partial charge on any atom is 0.293 e. The lowest BCUT2D eigenvalue weighted by molar-refractivity contribution is -0.122. The van der Waals surface area contributed by atoms with Gasteiger partial charge < -0.3 is 10.1 Å². The molecule has 2 aliphatic heterocycles. The van der Waals surface area contributed by atoms with Crippen molar-refractivity contribution in [1.29, 1.82) is 0 Å². The van der Waals surface area contributed by atoms with E-state index in [1.54, 1.807) is 6.08 Å². The van der Waals surface area contributed by atoms with Crippen molar-refractivity contribution in [3.63, 3.8) is 0 Å². The number of sulfonamides is 1. The highest BCUT2D eigenvalue weighted by atomic mass is 35.5. The van der Waals surface area contributed by atoms with Gasteiger partial charge in [0.1, 0.15) is 4.90 Å². The van der Waals surface area contributed by atoms with Crippen molar-refractivity contribution in [2.75, 3.05) is 39.4 Å². The predicted octanol–water partition coefficient (Wildman–Crippen LogP) is 3.48. The van der Waals surface area contributed by atoms with Crippen LogP contribution in [0, 0.1) is 0 Å². The van der Waals surface area contributed by atoms with Crippen LogP contribution in [-0.2, 0) is 19.6 Å². The molecule has 2 fully saturated rings. The van der Waals surface area contributed by atoms with Gasteiger partial charge in [-0.1, -0.05) is 53.5 Å². The zero-order valence-electron chi connectivity index (χ0n) is 18.8. The van der Waals surface area contributed by atoms with Gasteiger partial charge in [0.15, 0.2) is 0 Å². The highest BCUT2D eigenvalue weighted by molar-refractivity contribution is 8.18. The summed E-state index contributed by atoms with van der Waals surface area (Å²) in [5.74, 6) is -1.12. The number of nitrogens with zero attached hydrogens (tertiary/aromatic N) is 2. The fraction of sp³-hybridized carbons (Fsp3) is 0.261. The number of benzene rings is 2. The normalized spacial score (nSPS) is 18.2. The third-order valence-corrected chi connectivity index (χ3v) is 9.03. The molecule has 1 N–H and O–H groups in total. The first-order chi connectivity index (χ1) is 17.2. The molecule has 4 rings (SSSR count). The fourth-order valence-corrected chi connectivity index (χ4v) is 6.70. The van der Waals surface area contributed by atoms with E-state index < -0.39 is 27.1 Å². The van der Waals surface area contributed by atoms with Crippen molar-refractivity contribution in [2.45, 2.75) is 4.90 Å². The zero-order valence-corrected chi connectivity index (χ0v) is 21.9. The van der Waals surface area contributed by atoms with Gasteiger partial charge in [-0.15, -0.1) is 0 Å². The number of ether oxygens (including phenoxy) is 1. The SMILES string of the molecule is O=C(NCCN1C(=O)S/C(=C/c2ccccc2)C1=O)c1cc(S(=O)(=O)N2CCOCC2)c(Cl)cc1Cl. The van der Waals surface area contributed by atoms with Crippen LogP contribution in [0.25, 0.3) is 6.08 Å². The average molecular weight is 570 g/mol. The summed E-state index contributed by atoms with van der Waals surface area (Å²) in [7, 11) is -3.97. The summed E-state index contributed by atoms with van der Waals surface area (Å²) in [6.07, 6.45) is 1.63. The lowest BCUT2D eigenvalue weighted by Gasteiger charge is -2.26. The summed E-state index contributed by atoms with van der Waals surface area (Å²) in [5, 5.41) is 2.00. The van der Waals surface area contributed by atoms with Crippen molar-refractivity contribution in [2.24, 2.45) is 0 Å². The number of rotatable bonds is 7. The predicted molar refractivity (Wildman–Crippen MR) is 137 cm³/mol. The number of thioether (sulfide) groups is 1. The molecular formula is C23H21Cl2N3O6S2. The van der Waals surface area contributed by atoms with Gasteiger partial charge >= 0.3 is 0 Å². The molecule has 0 radical (unpaired) electrons. The quantitative estimate of drug-likeness (QED) is 0.508. The molecule has 2 aliphatic rings. The van der Waals surface area contributed by atoms with Gasteiger partial charge in [0.2, 0.25) is 10.0 Å². The number of nitrogens with one attached hydrogen (secondary N) is 1. The molecule has 0 aromatic heterocycles. The van der Waals surface area contributed by atoms with E-state index in [-0.39, 0.29) is 64.8 Å². The van der Waals surface area contributed by atoms with Crippen molar-refractivity contribution >= 4 is 68.1 Å².